The Balaban J connectivity index is 1.67. The van der Waals surface area contributed by atoms with Gasteiger partial charge in [0.2, 0.25) is 0 Å². The third-order valence-electron chi connectivity index (χ3n) is 4.63. The number of hydroxylamine groups is 2. The van der Waals surface area contributed by atoms with Crippen molar-refractivity contribution < 1.29 is 19.1 Å². The van der Waals surface area contributed by atoms with E-state index < -0.39 is 11.8 Å². The second kappa shape index (κ2) is 6.85. The molecule has 1 fully saturated rings. The molecule has 1 N–H and O–H groups in total. The van der Waals surface area contributed by atoms with Gasteiger partial charge in [0.15, 0.2) is 5.79 Å². The zero-order valence-corrected chi connectivity index (χ0v) is 15.0. The summed E-state index contributed by atoms with van der Waals surface area (Å²) in [5, 5.41) is 13.2. The molecule has 0 aliphatic carbocycles. The lowest BCUT2D eigenvalue weighted by Crippen LogP contribution is -2.36. The molecule has 0 radical (unpaired) electrons. The molecule has 1 aliphatic rings. The summed E-state index contributed by atoms with van der Waals surface area (Å²) in [6, 6.07) is 19.1. The van der Waals surface area contributed by atoms with Gasteiger partial charge in [0.05, 0.1) is 6.61 Å². The van der Waals surface area contributed by atoms with E-state index in [1.165, 1.54) is 5.06 Å². The summed E-state index contributed by atoms with van der Waals surface area (Å²) in [5.74, 6) is -0.0152. The number of benzene rings is 2. The Bertz CT molecular complexity index is 841. The van der Waals surface area contributed by atoms with Gasteiger partial charge in [-0.3, -0.25) is 0 Å². The molecule has 2 aromatic carbocycles. The van der Waals surface area contributed by atoms with E-state index in [4.69, 9.17) is 13.9 Å². The van der Waals surface area contributed by atoms with Crippen LogP contribution in [0.5, 0.6) is 0 Å². The number of para-hydroxylation sites is 1. The van der Waals surface area contributed by atoms with E-state index in [1.807, 2.05) is 74.5 Å². The highest BCUT2D eigenvalue weighted by Crippen LogP contribution is 2.36. The Morgan fingerprint density at radius 1 is 1.12 bits per heavy atom. The molecule has 26 heavy (non-hydrogen) atoms. The molecule has 0 bridgehead atoms. The van der Waals surface area contributed by atoms with Gasteiger partial charge in [0.25, 0.3) is 0 Å². The van der Waals surface area contributed by atoms with Gasteiger partial charge in [-0.05, 0) is 31.5 Å². The van der Waals surface area contributed by atoms with Crippen molar-refractivity contribution >= 4 is 11.0 Å². The number of ether oxygens (including phenoxy) is 2. The molecule has 1 aromatic heterocycles. The molecule has 5 heteroatoms. The minimum absolute atomic E-state index is 0.334. The molecule has 2 heterocycles. The van der Waals surface area contributed by atoms with Crippen LogP contribution in [0.15, 0.2) is 65.1 Å². The number of furan rings is 1. The fourth-order valence-corrected chi connectivity index (χ4v) is 3.41. The summed E-state index contributed by atoms with van der Waals surface area (Å²) < 4.78 is 17.8. The Kier molecular flexibility index (Phi) is 4.54. The van der Waals surface area contributed by atoms with Crippen LogP contribution in [-0.2, 0) is 16.0 Å². The lowest BCUT2D eigenvalue weighted by Gasteiger charge is -2.29. The molecule has 0 spiro atoms. The highest BCUT2D eigenvalue weighted by Gasteiger charge is 2.42. The van der Waals surface area contributed by atoms with E-state index in [0.29, 0.717) is 18.9 Å². The van der Waals surface area contributed by atoms with Crippen molar-refractivity contribution in [1.82, 2.24) is 5.06 Å². The zero-order valence-electron chi connectivity index (χ0n) is 15.0. The Labute approximate surface area is 152 Å². The van der Waals surface area contributed by atoms with Crippen LogP contribution in [0.4, 0.5) is 0 Å². The van der Waals surface area contributed by atoms with Gasteiger partial charge >= 0.3 is 0 Å². The summed E-state index contributed by atoms with van der Waals surface area (Å²) >= 11 is 0. The molecule has 4 rings (SSSR count). The van der Waals surface area contributed by atoms with Crippen molar-refractivity contribution in [3.63, 3.8) is 0 Å². The monoisotopic (exact) mass is 353 g/mol. The molecule has 0 unspecified atom stereocenters. The third kappa shape index (κ3) is 3.52. The van der Waals surface area contributed by atoms with Gasteiger partial charge in [0, 0.05) is 11.9 Å². The number of rotatable bonds is 5. The Hall–Kier alpha value is -2.18. The first-order valence-corrected chi connectivity index (χ1v) is 8.81. The highest BCUT2D eigenvalue weighted by molar-refractivity contribution is 5.77. The predicted molar refractivity (Wildman–Crippen MR) is 97.6 cm³/mol. The van der Waals surface area contributed by atoms with E-state index in [-0.39, 0.29) is 6.10 Å². The molecular weight excluding hydrogens is 330 g/mol. The third-order valence-corrected chi connectivity index (χ3v) is 4.63. The van der Waals surface area contributed by atoms with Crippen LogP contribution in [0.1, 0.15) is 31.2 Å². The van der Waals surface area contributed by atoms with Crippen molar-refractivity contribution in [2.45, 2.75) is 38.3 Å². The molecule has 1 saturated heterocycles. The predicted octanol–water partition coefficient (Wildman–Crippen LogP) is 4.52. The van der Waals surface area contributed by atoms with Crippen LogP contribution >= 0.6 is 0 Å². The van der Waals surface area contributed by atoms with Crippen LogP contribution in [0.2, 0.25) is 0 Å². The van der Waals surface area contributed by atoms with Gasteiger partial charge in [-0.1, -0.05) is 48.5 Å². The van der Waals surface area contributed by atoms with E-state index >= 15 is 0 Å². The van der Waals surface area contributed by atoms with E-state index in [2.05, 4.69) is 0 Å². The van der Waals surface area contributed by atoms with E-state index in [0.717, 1.165) is 16.5 Å². The van der Waals surface area contributed by atoms with Crippen molar-refractivity contribution in [2.75, 3.05) is 6.61 Å². The fourth-order valence-electron chi connectivity index (χ4n) is 3.41. The molecule has 136 valence electrons. The molecule has 2 atom stereocenters. The first kappa shape index (κ1) is 17.2. The summed E-state index contributed by atoms with van der Waals surface area (Å²) in [5.41, 5.74) is 1.80. The summed E-state index contributed by atoms with van der Waals surface area (Å²) in [6.07, 6.45) is -0.334. The minimum atomic E-state index is -0.678. The first-order chi connectivity index (χ1) is 12.5. The molecular formula is C21H23NO4. The van der Waals surface area contributed by atoms with E-state index in [1.54, 1.807) is 0 Å². The maximum absolute atomic E-state index is 10.9. The molecule has 0 saturated carbocycles. The van der Waals surface area contributed by atoms with Crippen LogP contribution < -0.4 is 0 Å². The number of fused-ring (bicyclic) bond motifs is 1. The smallest absolute Gasteiger partial charge is 0.163 e. The van der Waals surface area contributed by atoms with Gasteiger partial charge < -0.3 is 19.1 Å². The second-order valence-electron chi connectivity index (χ2n) is 7.08. The average molecular weight is 353 g/mol. The standard InChI is InChI=1S/C21H23NO4/c1-21(2)24-14-19(26-21)20(22(23)13-15-8-4-3-5-9-15)18-12-16-10-6-7-11-17(16)25-18/h3-12,19-20,23H,13-14H2,1-2H3/t19-,20-/m1/s1. The van der Waals surface area contributed by atoms with Crippen molar-refractivity contribution in [3.05, 3.63) is 72.0 Å². The normalized spacial score (nSPS) is 20.7. The lowest BCUT2D eigenvalue weighted by atomic mass is 10.1. The van der Waals surface area contributed by atoms with Crippen LogP contribution in [-0.4, -0.2) is 28.8 Å². The fraction of sp³-hybridized carbons (Fsp3) is 0.333. The largest absolute Gasteiger partial charge is 0.459 e. The second-order valence-corrected chi connectivity index (χ2v) is 7.08. The summed E-state index contributed by atoms with van der Waals surface area (Å²) in [6.45, 7) is 4.51. The van der Waals surface area contributed by atoms with Crippen molar-refractivity contribution in [2.24, 2.45) is 0 Å². The summed E-state index contributed by atoms with van der Waals surface area (Å²) in [7, 11) is 0. The van der Waals surface area contributed by atoms with E-state index in [9.17, 15) is 5.21 Å². The SMILES string of the molecule is CC1(C)OC[C@H]([C@@H](c2cc3ccccc3o2)N(O)Cc2ccccc2)O1. The average Bonchev–Trinajstić information content (AvgIpc) is 3.19. The van der Waals surface area contributed by atoms with Gasteiger partial charge in [0.1, 0.15) is 23.5 Å². The van der Waals surface area contributed by atoms with Crippen LogP contribution in [0.25, 0.3) is 11.0 Å². The first-order valence-electron chi connectivity index (χ1n) is 8.81. The topological polar surface area (TPSA) is 55.1 Å². The highest BCUT2D eigenvalue weighted by atomic mass is 16.7. The summed E-state index contributed by atoms with van der Waals surface area (Å²) in [4.78, 5) is 0. The van der Waals surface area contributed by atoms with Gasteiger partial charge in [-0.15, -0.1) is 0 Å². The van der Waals surface area contributed by atoms with Crippen molar-refractivity contribution in [1.29, 1.82) is 0 Å². The maximum atomic E-state index is 10.9. The lowest BCUT2D eigenvalue weighted by molar-refractivity contribution is -0.194. The molecule has 1 aliphatic heterocycles. The molecule has 5 nitrogen and oxygen atoms in total. The molecule has 3 aromatic rings. The Morgan fingerprint density at radius 2 is 1.85 bits per heavy atom. The number of hydrogen-bond donors (Lipinski definition) is 1. The zero-order chi connectivity index (χ0) is 18.1. The van der Waals surface area contributed by atoms with Gasteiger partial charge in [-0.2, -0.15) is 5.06 Å². The van der Waals surface area contributed by atoms with Gasteiger partial charge in [-0.25, -0.2) is 0 Å². The molecule has 0 amide bonds. The minimum Gasteiger partial charge on any atom is -0.459 e. The Morgan fingerprint density at radius 3 is 2.54 bits per heavy atom. The van der Waals surface area contributed by atoms with Crippen LogP contribution in [0, 0.1) is 0 Å². The number of hydrogen-bond acceptors (Lipinski definition) is 5. The maximum Gasteiger partial charge on any atom is 0.163 e. The number of nitrogens with zero attached hydrogens (tertiary/aromatic N) is 1. The van der Waals surface area contributed by atoms with Crippen LogP contribution in [0.3, 0.4) is 0 Å². The van der Waals surface area contributed by atoms with Crippen molar-refractivity contribution in [3.8, 4) is 0 Å². The quantitative estimate of drug-likeness (QED) is 0.684.